The Bertz CT molecular complexity index is 589. The van der Waals surface area contributed by atoms with Crippen molar-refractivity contribution in [1.29, 1.82) is 0 Å². The van der Waals surface area contributed by atoms with E-state index in [1.807, 2.05) is 11.9 Å². The number of hydrogen-bond donors (Lipinski definition) is 1. The van der Waals surface area contributed by atoms with Crippen molar-refractivity contribution in [3.05, 3.63) is 33.9 Å². The molecule has 1 aliphatic heterocycles. The van der Waals surface area contributed by atoms with Gasteiger partial charge in [0.05, 0.1) is 17.8 Å². The molecule has 1 saturated heterocycles. The molecule has 0 aromatic heterocycles. The second-order valence-electron chi connectivity index (χ2n) is 5.70. The number of carbonyl (C=O) groups is 1. The molecule has 0 atom stereocenters. The normalized spacial score (nSPS) is 15.3. The molecular weight excluding hydrogens is 330 g/mol. The lowest BCUT2D eigenvalue weighted by Crippen LogP contribution is -2.44. The van der Waals surface area contributed by atoms with Crippen LogP contribution in [-0.4, -0.2) is 54.8 Å². The van der Waals surface area contributed by atoms with Gasteiger partial charge in [0.1, 0.15) is 0 Å². The second kappa shape index (κ2) is 8.89. The molecule has 0 saturated carbocycles. The number of ether oxygens (including phenoxy) is 1. The number of hydrogen-bond acceptors (Lipinski definition) is 6. The molecule has 0 spiro atoms. The molecule has 8 heteroatoms. The van der Waals surface area contributed by atoms with Crippen LogP contribution in [0.15, 0.2) is 18.2 Å². The standard InChI is InChI=1S/C16H23N3O4S/c1-17-13-5-7-18(8-6-13)16(20)11-24-10-12-3-4-15(23-2)14(9-12)19(21)22/h3-4,9,13,17H,5-8,10-11H2,1-2H3. The molecule has 1 aromatic carbocycles. The van der Waals surface area contributed by atoms with E-state index >= 15 is 0 Å². The zero-order valence-electron chi connectivity index (χ0n) is 14.0. The number of benzene rings is 1. The van der Waals surface area contributed by atoms with Crippen molar-refractivity contribution >= 4 is 23.4 Å². The number of thioether (sulfide) groups is 1. The zero-order valence-corrected chi connectivity index (χ0v) is 14.8. The fraction of sp³-hybridized carbons (Fsp3) is 0.562. The molecule has 1 heterocycles. The SMILES string of the molecule is CNC1CCN(C(=O)CSCc2ccc(OC)c([N+](=O)[O-])c2)CC1. The first kappa shape index (κ1) is 18.5. The van der Waals surface area contributed by atoms with Crippen LogP contribution in [0.4, 0.5) is 5.69 Å². The maximum Gasteiger partial charge on any atom is 0.311 e. The largest absolute Gasteiger partial charge is 0.490 e. The summed E-state index contributed by atoms with van der Waals surface area (Å²) >= 11 is 1.48. The Morgan fingerprint density at radius 2 is 2.17 bits per heavy atom. The molecular formula is C16H23N3O4S. The molecule has 1 amide bonds. The van der Waals surface area contributed by atoms with Crippen molar-refractivity contribution in [1.82, 2.24) is 10.2 Å². The molecule has 1 aliphatic rings. The number of nitrogens with one attached hydrogen (secondary N) is 1. The summed E-state index contributed by atoms with van der Waals surface area (Å²) in [5.41, 5.74) is 0.769. The topological polar surface area (TPSA) is 84.7 Å². The second-order valence-corrected chi connectivity index (χ2v) is 6.69. The number of methoxy groups -OCH3 is 1. The number of nitrogens with zero attached hydrogens (tertiary/aromatic N) is 2. The van der Waals surface area contributed by atoms with E-state index in [2.05, 4.69) is 5.32 Å². The number of amides is 1. The Hall–Kier alpha value is -1.80. The first-order valence-corrected chi connectivity index (χ1v) is 9.04. The van der Waals surface area contributed by atoms with Gasteiger partial charge in [0.25, 0.3) is 0 Å². The van der Waals surface area contributed by atoms with Gasteiger partial charge in [-0.2, -0.15) is 0 Å². The number of rotatable bonds is 7. The summed E-state index contributed by atoms with van der Waals surface area (Å²) in [6.07, 6.45) is 1.97. The number of piperidine rings is 1. The van der Waals surface area contributed by atoms with Crippen molar-refractivity contribution in [2.24, 2.45) is 0 Å². The monoisotopic (exact) mass is 353 g/mol. The third kappa shape index (κ3) is 4.85. The van der Waals surface area contributed by atoms with E-state index < -0.39 is 4.92 Å². The van der Waals surface area contributed by atoms with Crippen molar-refractivity contribution in [2.75, 3.05) is 33.0 Å². The van der Waals surface area contributed by atoms with Gasteiger partial charge >= 0.3 is 5.69 Å². The molecule has 0 bridgehead atoms. The maximum absolute atomic E-state index is 12.2. The van der Waals surface area contributed by atoms with Crippen molar-refractivity contribution in [3.8, 4) is 5.75 Å². The summed E-state index contributed by atoms with van der Waals surface area (Å²) in [5, 5.41) is 14.3. The third-order valence-electron chi connectivity index (χ3n) is 4.19. The van der Waals surface area contributed by atoms with E-state index in [4.69, 9.17) is 4.74 Å². The predicted molar refractivity (Wildman–Crippen MR) is 94.5 cm³/mol. The highest BCUT2D eigenvalue weighted by Gasteiger charge is 2.21. The van der Waals surface area contributed by atoms with Gasteiger partial charge in [-0.3, -0.25) is 14.9 Å². The Morgan fingerprint density at radius 3 is 2.75 bits per heavy atom. The molecule has 0 aliphatic carbocycles. The van der Waals surface area contributed by atoms with Crippen LogP contribution in [0.25, 0.3) is 0 Å². The van der Waals surface area contributed by atoms with Crippen LogP contribution in [0.3, 0.4) is 0 Å². The van der Waals surface area contributed by atoms with Gasteiger partial charge in [0.2, 0.25) is 5.91 Å². The van der Waals surface area contributed by atoms with E-state index in [0.717, 1.165) is 31.5 Å². The lowest BCUT2D eigenvalue weighted by atomic mass is 10.1. The lowest BCUT2D eigenvalue weighted by molar-refractivity contribution is -0.385. The predicted octanol–water partition coefficient (Wildman–Crippen LogP) is 2.05. The molecule has 1 N–H and O–H groups in total. The molecule has 1 fully saturated rings. The first-order valence-electron chi connectivity index (χ1n) is 7.89. The van der Waals surface area contributed by atoms with Crippen LogP contribution in [0.2, 0.25) is 0 Å². The first-order chi connectivity index (χ1) is 11.5. The summed E-state index contributed by atoms with van der Waals surface area (Å²) in [6, 6.07) is 5.40. The van der Waals surface area contributed by atoms with Crippen molar-refractivity contribution in [3.63, 3.8) is 0 Å². The van der Waals surface area contributed by atoms with E-state index in [1.165, 1.54) is 24.9 Å². The minimum absolute atomic E-state index is 0.0453. The van der Waals surface area contributed by atoms with Gasteiger partial charge in [0.15, 0.2) is 5.75 Å². The number of nitro groups is 1. The fourth-order valence-corrected chi connectivity index (χ4v) is 3.61. The minimum atomic E-state index is -0.454. The van der Waals surface area contributed by atoms with E-state index in [-0.39, 0.29) is 17.3 Å². The maximum atomic E-state index is 12.2. The van der Waals surface area contributed by atoms with E-state index in [9.17, 15) is 14.9 Å². The Labute approximate surface area is 145 Å². The summed E-state index contributed by atoms with van der Waals surface area (Å²) in [6.45, 7) is 1.58. The molecule has 1 aromatic rings. The van der Waals surface area contributed by atoms with Crippen LogP contribution < -0.4 is 10.1 Å². The minimum Gasteiger partial charge on any atom is -0.490 e. The van der Waals surface area contributed by atoms with Crippen molar-refractivity contribution < 1.29 is 14.5 Å². The highest BCUT2D eigenvalue weighted by molar-refractivity contribution is 7.99. The van der Waals surface area contributed by atoms with Crippen molar-refractivity contribution in [2.45, 2.75) is 24.6 Å². The molecule has 2 rings (SSSR count). The highest BCUT2D eigenvalue weighted by atomic mass is 32.2. The molecule has 0 unspecified atom stereocenters. The van der Waals surface area contributed by atoms with Crippen LogP contribution in [0, 0.1) is 10.1 Å². The lowest BCUT2D eigenvalue weighted by Gasteiger charge is -2.31. The summed E-state index contributed by atoms with van der Waals surface area (Å²) < 4.78 is 4.99. The molecule has 7 nitrogen and oxygen atoms in total. The van der Waals surface area contributed by atoms with E-state index in [0.29, 0.717) is 17.5 Å². The summed E-state index contributed by atoms with van der Waals surface area (Å²) in [5.74, 6) is 1.34. The fourth-order valence-electron chi connectivity index (χ4n) is 2.73. The molecule has 0 radical (unpaired) electrons. The van der Waals surface area contributed by atoms with Gasteiger partial charge in [-0.15, -0.1) is 11.8 Å². The number of carbonyl (C=O) groups excluding carboxylic acids is 1. The van der Waals surface area contributed by atoms with Crippen LogP contribution in [0.5, 0.6) is 5.75 Å². The highest BCUT2D eigenvalue weighted by Crippen LogP contribution is 2.29. The van der Waals surface area contributed by atoms with Gasteiger partial charge in [-0.1, -0.05) is 6.07 Å². The van der Waals surface area contributed by atoms with Gasteiger partial charge in [-0.05, 0) is 31.5 Å². The summed E-state index contributed by atoms with van der Waals surface area (Å²) in [7, 11) is 3.36. The zero-order chi connectivity index (χ0) is 17.5. The van der Waals surface area contributed by atoms with Crippen LogP contribution >= 0.6 is 11.8 Å². The number of likely N-dealkylation sites (tertiary alicyclic amines) is 1. The van der Waals surface area contributed by atoms with Gasteiger partial charge in [0, 0.05) is 31.0 Å². The van der Waals surface area contributed by atoms with Gasteiger partial charge < -0.3 is 15.0 Å². The van der Waals surface area contributed by atoms with Crippen LogP contribution in [0.1, 0.15) is 18.4 Å². The third-order valence-corrected chi connectivity index (χ3v) is 5.18. The van der Waals surface area contributed by atoms with Gasteiger partial charge in [-0.25, -0.2) is 0 Å². The Morgan fingerprint density at radius 1 is 1.46 bits per heavy atom. The Kier molecular flexibility index (Phi) is 6.86. The number of nitro benzene ring substituents is 1. The summed E-state index contributed by atoms with van der Waals surface area (Å²) in [4.78, 5) is 24.7. The average Bonchev–Trinajstić information content (AvgIpc) is 2.61. The average molecular weight is 353 g/mol. The molecule has 24 heavy (non-hydrogen) atoms. The van der Waals surface area contributed by atoms with E-state index in [1.54, 1.807) is 12.1 Å². The molecule has 132 valence electrons. The quantitative estimate of drug-likeness (QED) is 0.596. The smallest absolute Gasteiger partial charge is 0.311 e. The van der Waals surface area contributed by atoms with Crippen LogP contribution in [-0.2, 0) is 10.5 Å². The Balaban J connectivity index is 1.82.